The summed E-state index contributed by atoms with van der Waals surface area (Å²) in [6.45, 7) is 3.91. The van der Waals surface area contributed by atoms with Crippen LogP contribution in [0.3, 0.4) is 0 Å². The van der Waals surface area contributed by atoms with Gasteiger partial charge in [0.1, 0.15) is 0 Å². The van der Waals surface area contributed by atoms with Gasteiger partial charge in [0.05, 0.1) is 17.9 Å². The Kier molecular flexibility index (Phi) is 2.34. The highest BCUT2D eigenvalue weighted by Gasteiger charge is 2.58. The molecule has 0 spiro atoms. The van der Waals surface area contributed by atoms with Crippen LogP contribution in [0.25, 0.3) is 0 Å². The van der Waals surface area contributed by atoms with Crippen LogP contribution in [0, 0.1) is 35.5 Å². The summed E-state index contributed by atoms with van der Waals surface area (Å²) in [5.41, 5.74) is 0. The Hall–Kier alpha value is -0.900. The Bertz CT molecular complexity index is 378. The van der Waals surface area contributed by atoms with E-state index in [0.29, 0.717) is 11.8 Å². The normalized spacial score (nSPS) is 53.2. The van der Waals surface area contributed by atoms with Crippen molar-refractivity contribution in [3.63, 3.8) is 0 Å². The summed E-state index contributed by atoms with van der Waals surface area (Å²) in [5, 5.41) is 9.97. The number of carbonyl (C=O) groups excluding carboxylic acids is 2. The number of cyclic esters (lactones) is 2. The van der Waals surface area contributed by atoms with E-state index in [9.17, 15) is 14.7 Å². The third-order valence-corrected chi connectivity index (χ3v) is 5.26. The Morgan fingerprint density at radius 1 is 1.18 bits per heavy atom. The Morgan fingerprint density at radius 3 is 2.41 bits per heavy atom. The number of ether oxygens (including phenoxy) is 1. The van der Waals surface area contributed by atoms with Crippen LogP contribution in [0.15, 0.2) is 0 Å². The predicted molar refractivity (Wildman–Crippen MR) is 58.6 cm³/mol. The van der Waals surface area contributed by atoms with E-state index in [2.05, 4.69) is 6.92 Å². The largest absolute Gasteiger partial charge is 0.393 e. The fourth-order valence-electron chi connectivity index (χ4n) is 4.33. The second-order valence-electron chi connectivity index (χ2n) is 5.95. The highest BCUT2D eigenvalue weighted by Crippen LogP contribution is 2.56. The molecule has 4 heteroatoms. The number of aliphatic hydroxyl groups excluding tert-OH is 1. The summed E-state index contributed by atoms with van der Waals surface area (Å²) in [7, 11) is 0. The van der Waals surface area contributed by atoms with Gasteiger partial charge in [-0.25, -0.2) is 0 Å². The van der Waals surface area contributed by atoms with Gasteiger partial charge >= 0.3 is 11.9 Å². The smallest absolute Gasteiger partial charge is 0.317 e. The van der Waals surface area contributed by atoms with Crippen LogP contribution in [0.5, 0.6) is 0 Å². The van der Waals surface area contributed by atoms with Crippen molar-refractivity contribution in [3.05, 3.63) is 0 Å². The number of hydrogen-bond acceptors (Lipinski definition) is 4. The first kappa shape index (κ1) is 11.2. The molecule has 1 N–H and O–H groups in total. The number of aliphatic hydroxyl groups is 1. The number of rotatable bonds is 1. The van der Waals surface area contributed by atoms with E-state index in [4.69, 9.17) is 4.74 Å². The standard InChI is InChI=1S/C13H18O4/c1-5-7-3-8(9(14)4-7)10(5)11-6(2)12(15)17-13(11)16/h5-11,14H,3-4H2,1-2H3. The molecule has 7 atom stereocenters. The maximum atomic E-state index is 11.8. The number of carbonyl (C=O) groups is 2. The van der Waals surface area contributed by atoms with Crippen LogP contribution in [-0.2, 0) is 14.3 Å². The minimum atomic E-state index is -0.399. The SMILES string of the molecule is CC1C(=O)OC(=O)C1C1C(C)C2CC(O)C1C2. The van der Waals surface area contributed by atoms with Gasteiger partial charge in [-0.1, -0.05) is 13.8 Å². The van der Waals surface area contributed by atoms with Crippen molar-refractivity contribution in [3.8, 4) is 0 Å². The van der Waals surface area contributed by atoms with Gasteiger partial charge in [0, 0.05) is 0 Å². The highest BCUT2D eigenvalue weighted by molar-refractivity contribution is 5.96. The van der Waals surface area contributed by atoms with Gasteiger partial charge in [0.15, 0.2) is 0 Å². The van der Waals surface area contributed by atoms with Crippen LogP contribution >= 0.6 is 0 Å². The molecule has 1 saturated heterocycles. The zero-order chi connectivity index (χ0) is 12.3. The minimum absolute atomic E-state index is 0.123. The lowest BCUT2D eigenvalue weighted by Crippen LogP contribution is -2.38. The molecule has 7 unspecified atom stereocenters. The topological polar surface area (TPSA) is 63.6 Å². The molecular weight excluding hydrogens is 220 g/mol. The fraction of sp³-hybridized carbons (Fsp3) is 0.846. The molecule has 3 rings (SSSR count). The second kappa shape index (κ2) is 3.55. The van der Waals surface area contributed by atoms with E-state index in [1.165, 1.54) is 0 Å². The monoisotopic (exact) mass is 238 g/mol. The summed E-state index contributed by atoms with van der Waals surface area (Å²) in [4.78, 5) is 23.2. The Balaban J connectivity index is 1.89. The average molecular weight is 238 g/mol. The summed E-state index contributed by atoms with van der Waals surface area (Å²) in [5.74, 6) is -0.226. The van der Waals surface area contributed by atoms with Crippen LogP contribution in [-0.4, -0.2) is 23.1 Å². The number of hydrogen-bond donors (Lipinski definition) is 1. The van der Waals surface area contributed by atoms with E-state index < -0.39 is 5.97 Å². The lowest BCUT2D eigenvalue weighted by atomic mass is 9.69. The second-order valence-corrected chi connectivity index (χ2v) is 5.95. The average Bonchev–Trinajstić information content (AvgIpc) is 2.84. The predicted octanol–water partition coefficient (Wildman–Crippen LogP) is 0.975. The maximum Gasteiger partial charge on any atom is 0.317 e. The van der Waals surface area contributed by atoms with Crippen molar-refractivity contribution >= 4 is 11.9 Å². The van der Waals surface area contributed by atoms with Crippen LogP contribution in [0.4, 0.5) is 0 Å². The van der Waals surface area contributed by atoms with Crippen molar-refractivity contribution in [1.29, 1.82) is 0 Å². The van der Waals surface area contributed by atoms with Gasteiger partial charge in [-0.2, -0.15) is 0 Å². The molecule has 2 bridgehead atoms. The van der Waals surface area contributed by atoms with Crippen LogP contribution < -0.4 is 0 Å². The molecule has 0 aromatic carbocycles. The molecule has 0 amide bonds. The molecule has 0 aromatic heterocycles. The zero-order valence-electron chi connectivity index (χ0n) is 10.1. The Labute approximate surface area is 100 Å². The van der Waals surface area contributed by atoms with Crippen LogP contribution in [0.2, 0.25) is 0 Å². The van der Waals surface area contributed by atoms with Gasteiger partial charge < -0.3 is 9.84 Å². The van der Waals surface area contributed by atoms with E-state index in [1.807, 2.05) is 0 Å². The first-order chi connectivity index (χ1) is 8.00. The third kappa shape index (κ3) is 1.39. The summed E-state index contributed by atoms with van der Waals surface area (Å²) >= 11 is 0. The molecule has 1 heterocycles. The highest BCUT2D eigenvalue weighted by atomic mass is 16.6. The van der Waals surface area contributed by atoms with Gasteiger partial charge in [-0.15, -0.1) is 0 Å². The van der Waals surface area contributed by atoms with Gasteiger partial charge in [0.25, 0.3) is 0 Å². The van der Waals surface area contributed by atoms with E-state index in [1.54, 1.807) is 6.92 Å². The first-order valence-electron chi connectivity index (χ1n) is 6.44. The van der Waals surface area contributed by atoms with Crippen molar-refractivity contribution in [2.45, 2.75) is 32.8 Å². The molecule has 1 aliphatic heterocycles. The van der Waals surface area contributed by atoms with E-state index >= 15 is 0 Å². The van der Waals surface area contributed by atoms with E-state index in [-0.39, 0.29) is 35.7 Å². The van der Waals surface area contributed by atoms with Crippen molar-refractivity contribution in [1.82, 2.24) is 0 Å². The molecule has 0 aromatic rings. The van der Waals surface area contributed by atoms with Gasteiger partial charge in [0.2, 0.25) is 0 Å². The molecule has 2 saturated carbocycles. The van der Waals surface area contributed by atoms with Crippen molar-refractivity contribution in [2.24, 2.45) is 35.5 Å². The molecule has 94 valence electrons. The summed E-state index contributed by atoms with van der Waals surface area (Å²) in [6, 6.07) is 0. The minimum Gasteiger partial charge on any atom is -0.393 e. The molecular formula is C13H18O4. The number of esters is 2. The molecule has 4 nitrogen and oxygen atoms in total. The maximum absolute atomic E-state index is 11.8. The van der Waals surface area contributed by atoms with Crippen LogP contribution in [0.1, 0.15) is 26.7 Å². The van der Waals surface area contributed by atoms with Gasteiger partial charge in [-0.05, 0) is 36.5 Å². The lowest BCUT2D eigenvalue weighted by molar-refractivity contribution is -0.154. The molecule has 2 aliphatic carbocycles. The summed E-state index contributed by atoms with van der Waals surface area (Å²) in [6.07, 6.45) is 1.56. The molecule has 0 radical (unpaired) electrons. The zero-order valence-corrected chi connectivity index (χ0v) is 10.1. The quantitative estimate of drug-likeness (QED) is 0.546. The lowest BCUT2D eigenvalue weighted by Gasteiger charge is -2.35. The molecule has 17 heavy (non-hydrogen) atoms. The van der Waals surface area contributed by atoms with E-state index in [0.717, 1.165) is 12.8 Å². The van der Waals surface area contributed by atoms with Gasteiger partial charge in [-0.3, -0.25) is 9.59 Å². The molecule has 3 aliphatic rings. The number of fused-ring (bicyclic) bond motifs is 2. The van der Waals surface area contributed by atoms with Crippen molar-refractivity contribution < 1.29 is 19.4 Å². The Morgan fingerprint density at radius 2 is 1.88 bits per heavy atom. The molecule has 3 fully saturated rings. The van der Waals surface area contributed by atoms with Crippen molar-refractivity contribution in [2.75, 3.05) is 0 Å². The first-order valence-corrected chi connectivity index (χ1v) is 6.44. The third-order valence-electron chi connectivity index (χ3n) is 5.26. The summed E-state index contributed by atoms with van der Waals surface area (Å²) < 4.78 is 4.73. The fourth-order valence-corrected chi connectivity index (χ4v) is 4.33.